The number of hydrogen-bond donors (Lipinski definition) is 1. The number of hydrogen-bond acceptors (Lipinski definition) is 3. The maximum atomic E-state index is 5.36. The topological polar surface area (TPSA) is 24.5 Å². The molecule has 2 aliphatic rings. The van der Waals surface area contributed by atoms with Crippen molar-refractivity contribution in [3.05, 3.63) is 35.9 Å². The summed E-state index contributed by atoms with van der Waals surface area (Å²) < 4.78 is 5.36. The SMILES string of the molecule is COC1CC(NC2CCCN(Cc3ccccc3)C2)C1. The van der Waals surface area contributed by atoms with Crippen molar-refractivity contribution >= 4 is 0 Å². The first kappa shape index (κ1) is 14.1. The van der Waals surface area contributed by atoms with Gasteiger partial charge in [-0.3, -0.25) is 4.90 Å². The molecular weight excluding hydrogens is 248 g/mol. The van der Waals surface area contributed by atoms with Crippen LogP contribution in [-0.4, -0.2) is 43.3 Å². The Labute approximate surface area is 122 Å². The first-order valence-corrected chi connectivity index (χ1v) is 7.88. The second-order valence-electron chi connectivity index (χ2n) is 6.25. The Morgan fingerprint density at radius 1 is 1.20 bits per heavy atom. The van der Waals surface area contributed by atoms with Crippen molar-refractivity contribution in [3.8, 4) is 0 Å². The van der Waals surface area contributed by atoms with E-state index in [-0.39, 0.29) is 0 Å². The number of piperidine rings is 1. The lowest BCUT2D eigenvalue weighted by molar-refractivity contribution is 0.0105. The van der Waals surface area contributed by atoms with E-state index in [1.165, 1.54) is 44.3 Å². The summed E-state index contributed by atoms with van der Waals surface area (Å²) in [4.78, 5) is 2.59. The zero-order valence-electron chi connectivity index (χ0n) is 12.4. The third-order valence-corrected chi connectivity index (χ3v) is 4.65. The molecule has 1 aliphatic heterocycles. The Morgan fingerprint density at radius 2 is 2.00 bits per heavy atom. The summed E-state index contributed by atoms with van der Waals surface area (Å²) in [6.07, 6.45) is 5.50. The second-order valence-corrected chi connectivity index (χ2v) is 6.25. The van der Waals surface area contributed by atoms with Crippen LogP contribution in [0.2, 0.25) is 0 Å². The van der Waals surface area contributed by atoms with Gasteiger partial charge in [0.15, 0.2) is 0 Å². The van der Waals surface area contributed by atoms with E-state index in [0.717, 1.165) is 6.54 Å². The number of nitrogens with zero attached hydrogens (tertiary/aromatic N) is 1. The predicted molar refractivity (Wildman–Crippen MR) is 81.7 cm³/mol. The van der Waals surface area contributed by atoms with Gasteiger partial charge in [-0.1, -0.05) is 30.3 Å². The molecule has 1 aromatic rings. The summed E-state index contributed by atoms with van der Waals surface area (Å²) in [6, 6.07) is 12.2. The fourth-order valence-electron chi connectivity index (χ4n) is 3.40. The molecule has 1 aromatic carbocycles. The van der Waals surface area contributed by atoms with Crippen LogP contribution in [0.4, 0.5) is 0 Å². The van der Waals surface area contributed by atoms with Gasteiger partial charge in [0.2, 0.25) is 0 Å². The van der Waals surface area contributed by atoms with Crippen LogP contribution in [0.3, 0.4) is 0 Å². The van der Waals surface area contributed by atoms with Crippen molar-refractivity contribution in [2.75, 3.05) is 20.2 Å². The molecule has 3 heteroatoms. The molecule has 1 saturated carbocycles. The largest absolute Gasteiger partial charge is 0.381 e. The van der Waals surface area contributed by atoms with E-state index in [1.807, 2.05) is 7.11 Å². The molecule has 0 bridgehead atoms. The Bertz CT molecular complexity index is 403. The van der Waals surface area contributed by atoms with Crippen LogP contribution in [0.25, 0.3) is 0 Å². The van der Waals surface area contributed by atoms with E-state index in [9.17, 15) is 0 Å². The fraction of sp³-hybridized carbons (Fsp3) is 0.647. The van der Waals surface area contributed by atoms with Crippen LogP contribution in [0.1, 0.15) is 31.2 Å². The number of methoxy groups -OCH3 is 1. The molecular formula is C17H26N2O. The van der Waals surface area contributed by atoms with Crippen LogP contribution in [0.15, 0.2) is 30.3 Å². The lowest BCUT2D eigenvalue weighted by Gasteiger charge is -2.40. The minimum atomic E-state index is 0.497. The van der Waals surface area contributed by atoms with E-state index >= 15 is 0 Å². The van der Waals surface area contributed by atoms with Crippen LogP contribution >= 0.6 is 0 Å². The summed E-state index contributed by atoms with van der Waals surface area (Å²) in [6.45, 7) is 3.51. The number of ether oxygens (including phenoxy) is 1. The van der Waals surface area contributed by atoms with Gasteiger partial charge in [-0.15, -0.1) is 0 Å². The quantitative estimate of drug-likeness (QED) is 0.892. The molecule has 1 atom stereocenters. The fourth-order valence-corrected chi connectivity index (χ4v) is 3.40. The van der Waals surface area contributed by atoms with Gasteiger partial charge in [0.05, 0.1) is 6.10 Å². The molecule has 0 aromatic heterocycles. The molecule has 1 unspecified atom stereocenters. The van der Waals surface area contributed by atoms with Gasteiger partial charge in [-0.2, -0.15) is 0 Å². The number of benzene rings is 1. The Morgan fingerprint density at radius 3 is 2.75 bits per heavy atom. The Hall–Kier alpha value is -0.900. The summed E-state index contributed by atoms with van der Waals surface area (Å²) in [5.41, 5.74) is 1.43. The molecule has 1 aliphatic carbocycles. The van der Waals surface area contributed by atoms with Gasteiger partial charge >= 0.3 is 0 Å². The molecule has 3 nitrogen and oxygen atoms in total. The van der Waals surface area contributed by atoms with Crippen LogP contribution in [-0.2, 0) is 11.3 Å². The molecule has 3 rings (SSSR count). The zero-order chi connectivity index (χ0) is 13.8. The molecule has 1 heterocycles. The number of rotatable bonds is 5. The van der Waals surface area contributed by atoms with Crippen molar-refractivity contribution in [1.82, 2.24) is 10.2 Å². The summed E-state index contributed by atoms with van der Waals surface area (Å²) in [5.74, 6) is 0. The Balaban J connectivity index is 1.45. The van der Waals surface area contributed by atoms with Crippen molar-refractivity contribution in [3.63, 3.8) is 0 Å². The number of nitrogens with one attached hydrogen (secondary N) is 1. The van der Waals surface area contributed by atoms with Gasteiger partial charge in [0, 0.05) is 32.3 Å². The third-order valence-electron chi connectivity index (χ3n) is 4.65. The number of likely N-dealkylation sites (tertiary alicyclic amines) is 1. The highest BCUT2D eigenvalue weighted by Crippen LogP contribution is 2.24. The van der Waals surface area contributed by atoms with Crippen LogP contribution in [0.5, 0.6) is 0 Å². The summed E-state index contributed by atoms with van der Waals surface area (Å²) in [5, 5.41) is 3.81. The first-order chi connectivity index (χ1) is 9.83. The van der Waals surface area contributed by atoms with Gasteiger partial charge in [-0.25, -0.2) is 0 Å². The first-order valence-electron chi connectivity index (χ1n) is 7.88. The summed E-state index contributed by atoms with van der Waals surface area (Å²) >= 11 is 0. The third kappa shape index (κ3) is 3.60. The van der Waals surface area contributed by atoms with Crippen molar-refractivity contribution in [2.45, 2.75) is 50.4 Å². The predicted octanol–water partition coefficient (Wildman–Crippen LogP) is 2.42. The summed E-state index contributed by atoms with van der Waals surface area (Å²) in [7, 11) is 1.82. The zero-order valence-corrected chi connectivity index (χ0v) is 12.4. The maximum Gasteiger partial charge on any atom is 0.0601 e. The van der Waals surface area contributed by atoms with Crippen molar-refractivity contribution < 1.29 is 4.74 Å². The highest BCUT2D eigenvalue weighted by Gasteiger charge is 2.31. The van der Waals surface area contributed by atoms with E-state index in [1.54, 1.807) is 0 Å². The lowest BCUT2D eigenvalue weighted by atomic mass is 9.88. The molecule has 20 heavy (non-hydrogen) atoms. The van der Waals surface area contributed by atoms with E-state index in [0.29, 0.717) is 18.2 Å². The lowest BCUT2D eigenvalue weighted by Crippen LogP contribution is -2.54. The van der Waals surface area contributed by atoms with Gasteiger partial charge in [0.25, 0.3) is 0 Å². The monoisotopic (exact) mass is 274 g/mol. The van der Waals surface area contributed by atoms with Crippen molar-refractivity contribution in [1.29, 1.82) is 0 Å². The molecule has 0 spiro atoms. The van der Waals surface area contributed by atoms with Crippen LogP contribution < -0.4 is 5.32 Å². The Kier molecular flexibility index (Phi) is 4.71. The molecule has 1 N–H and O–H groups in total. The average molecular weight is 274 g/mol. The molecule has 1 saturated heterocycles. The van der Waals surface area contributed by atoms with Gasteiger partial charge < -0.3 is 10.1 Å². The minimum Gasteiger partial charge on any atom is -0.381 e. The highest BCUT2D eigenvalue weighted by atomic mass is 16.5. The normalized spacial score (nSPS) is 30.9. The molecule has 0 radical (unpaired) electrons. The van der Waals surface area contributed by atoms with Gasteiger partial charge in [0.1, 0.15) is 0 Å². The van der Waals surface area contributed by atoms with Crippen LogP contribution in [0, 0.1) is 0 Å². The smallest absolute Gasteiger partial charge is 0.0601 e. The van der Waals surface area contributed by atoms with E-state index < -0.39 is 0 Å². The van der Waals surface area contributed by atoms with E-state index in [4.69, 9.17) is 4.74 Å². The van der Waals surface area contributed by atoms with Crippen molar-refractivity contribution in [2.24, 2.45) is 0 Å². The minimum absolute atomic E-state index is 0.497. The molecule has 0 amide bonds. The second kappa shape index (κ2) is 6.70. The molecule has 110 valence electrons. The molecule has 2 fully saturated rings. The average Bonchev–Trinajstić information content (AvgIpc) is 2.44. The van der Waals surface area contributed by atoms with Gasteiger partial charge in [-0.05, 0) is 37.8 Å². The highest BCUT2D eigenvalue weighted by molar-refractivity contribution is 5.14. The van der Waals surface area contributed by atoms with E-state index in [2.05, 4.69) is 40.5 Å². The maximum absolute atomic E-state index is 5.36. The standard InChI is InChI=1S/C17H26N2O/c1-20-17-10-16(11-17)18-15-8-5-9-19(13-15)12-14-6-3-2-4-7-14/h2-4,6-7,15-18H,5,8-13H2,1H3.